The molecule has 27 heavy (non-hydrogen) atoms. The van der Waals surface area contributed by atoms with Gasteiger partial charge in [0.1, 0.15) is 5.82 Å². The van der Waals surface area contributed by atoms with Gasteiger partial charge < -0.3 is 15.0 Å². The molecule has 0 aliphatic carbocycles. The lowest BCUT2D eigenvalue weighted by atomic mass is 9.96. The van der Waals surface area contributed by atoms with Crippen molar-refractivity contribution in [2.75, 3.05) is 26.2 Å². The van der Waals surface area contributed by atoms with Crippen molar-refractivity contribution in [3.8, 4) is 0 Å². The molecule has 0 saturated carbocycles. The average molecular weight is 364 g/mol. The van der Waals surface area contributed by atoms with Crippen molar-refractivity contribution in [3.63, 3.8) is 0 Å². The van der Waals surface area contributed by atoms with Gasteiger partial charge in [-0.1, -0.05) is 24.3 Å². The Hall–Kier alpha value is -2.31. The van der Waals surface area contributed by atoms with E-state index in [9.17, 15) is 4.79 Å². The Morgan fingerprint density at radius 1 is 1.22 bits per heavy atom. The zero-order chi connectivity index (χ0) is 18.2. The number of fused-ring (bicyclic) bond motifs is 2. The van der Waals surface area contributed by atoms with Crippen LogP contribution in [-0.2, 0) is 28.9 Å². The Kier molecular flexibility index (Phi) is 4.38. The van der Waals surface area contributed by atoms with Gasteiger partial charge in [-0.25, -0.2) is 9.97 Å². The summed E-state index contributed by atoms with van der Waals surface area (Å²) in [6.45, 7) is 3.85. The van der Waals surface area contributed by atoms with Gasteiger partial charge in [-0.15, -0.1) is 0 Å². The summed E-state index contributed by atoms with van der Waals surface area (Å²) in [5.74, 6) is 1.42. The lowest BCUT2D eigenvalue weighted by Crippen LogP contribution is -2.41. The minimum absolute atomic E-state index is 0.0527. The SMILES string of the molecule is O=C([C@H]1OCCc2ccccc21)N1CCc2nc([C@H]3CCNC3)ncc2C1. The van der Waals surface area contributed by atoms with E-state index in [0.717, 1.165) is 55.0 Å². The highest BCUT2D eigenvalue weighted by molar-refractivity contribution is 5.83. The molecular weight excluding hydrogens is 340 g/mol. The molecule has 1 fully saturated rings. The number of benzene rings is 1. The standard InChI is InChI=1S/C21H24N4O2/c26-21(19-17-4-2-1-3-14(17)7-10-27-19)25-9-6-18-16(13-25)12-23-20(24-18)15-5-8-22-11-15/h1-4,12,15,19,22H,5-11,13H2/t15-,19-/m0/s1. The molecule has 1 aromatic carbocycles. The second-order valence-electron chi connectivity index (χ2n) is 7.60. The number of carbonyl (C=O) groups excluding carboxylic acids is 1. The number of nitrogens with zero attached hydrogens (tertiary/aromatic N) is 3. The van der Waals surface area contributed by atoms with Gasteiger partial charge >= 0.3 is 0 Å². The number of rotatable bonds is 2. The van der Waals surface area contributed by atoms with Crippen molar-refractivity contribution in [2.45, 2.75) is 37.8 Å². The summed E-state index contributed by atoms with van der Waals surface area (Å²) in [4.78, 5) is 24.5. The Morgan fingerprint density at radius 2 is 2.15 bits per heavy atom. The molecule has 1 aromatic heterocycles. The maximum atomic E-state index is 13.2. The summed E-state index contributed by atoms with van der Waals surface area (Å²) in [5.41, 5.74) is 4.40. The van der Waals surface area contributed by atoms with Crippen molar-refractivity contribution < 1.29 is 9.53 Å². The number of nitrogens with one attached hydrogen (secondary N) is 1. The maximum absolute atomic E-state index is 13.2. The van der Waals surface area contributed by atoms with Crippen LogP contribution in [0.15, 0.2) is 30.5 Å². The largest absolute Gasteiger partial charge is 0.363 e. The molecule has 0 spiro atoms. The lowest BCUT2D eigenvalue weighted by molar-refractivity contribution is -0.146. The quantitative estimate of drug-likeness (QED) is 0.879. The molecule has 6 heteroatoms. The van der Waals surface area contributed by atoms with Gasteiger partial charge in [-0.05, 0) is 30.5 Å². The fourth-order valence-corrected chi connectivity index (χ4v) is 4.36. The molecule has 6 nitrogen and oxygen atoms in total. The number of aromatic nitrogens is 2. The first kappa shape index (κ1) is 16.8. The van der Waals surface area contributed by atoms with E-state index in [-0.39, 0.29) is 5.91 Å². The van der Waals surface area contributed by atoms with Gasteiger partial charge in [-0.2, -0.15) is 0 Å². The minimum atomic E-state index is -0.485. The van der Waals surface area contributed by atoms with Crippen molar-refractivity contribution in [3.05, 3.63) is 58.7 Å². The van der Waals surface area contributed by atoms with Crippen LogP contribution in [0, 0.1) is 0 Å². The van der Waals surface area contributed by atoms with Gasteiger partial charge in [-0.3, -0.25) is 4.79 Å². The molecule has 3 aliphatic rings. The lowest BCUT2D eigenvalue weighted by Gasteiger charge is -2.33. The Morgan fingerprint density at radius 3 is 3.04 bits per heavy atom. The highest BCUT2D eigenvalue weighted by Crippen LogP contribution is 2.30. The zero-order valence-electron chi connectivity index (χ0n) is 15.4. The number of carbonyl (C=O) groups is 1. The van der Waals surface area contributed by atoms with Crippen molar-refractivity contribution in [1.29, 1.82) is 0 Å². The van der Waals surface area contributed by atoms with E-state index in [4.69, 9.17) is 9.72 Å². The smallest absolute Gasteiger partial charge is 0.256 e. The molecule has 0 bridgehead atoms. The van der Waals surface area contributed by atoms with E-state index in [0.29, 0.717) is 25.6 Å². The van der Waals surface area contributed by atoms with E-state index >= 15 is 0 Å². The van der Waals surface area contributed by atoms with Crippen LogP contribution in [0.25, 0.3) is 0 Å². The zero-order valence-corrected chi connectivity index (χ0v) is 15.4. The van der Waals surface area contributed by atoms with Crippen LogP contribution in [-0.4, -0.2) is 47.0 Å². The van der Waals surface area contributed by atoms with E-state index < -0.39 is 6.10 Å². The summed E-state index contributed by atoms with van der Waals surface area (Å²) >= 11 is 0. The number of amides is 1. The van der Waals surface area contributed by atoms with Crippen molar-refractivity contribution in [2.24, 2.45) is 0 Å². The number of ether oxygens (including phenoxy) is 1. The van der Waals surface area contributed by atoms with E-state index in [1.54, 1.807) is 0 Å². The van der Waals surface area contributed by atoms with Crippen LogP contribution >= 0.6 is 0 Å². The predicted octanol–water partition coefficient (Wildman–Crippen LogP) is 1.75. The van der Waals surface area contributed by atoms with Crippen LogP contribution in [0.3, 0.4) is 0 Å². The van der Waals surface area contributed by atoms with E-state index in [1.807, 2.05) is 29.3 Å². The van der Waals surface area contributed by atoms with Gasteiger partial charge in [0.05, 0.1) is 12.3 Å². The summed E-state index contributed by atoms with van der Waals surface area (Å²) in [6, 6.07) is 8.11. The Bertz CT molecular complexity index is 863. The Labute approximate surface area is 159 Å². The van der Waals surface area contributed by atoms with Crippen LogP contribution in [0.4, 0.5) is 0 Å². The summed E-state index contributed by atoms with van der Waals surface area (Å²) in [7, 11) is 0. The van der Waals surface area contributed by atoms with Gasteiger partial charge in [0.15, 0.2) is 6.10 Å². The molecule has 0 radical (unpaired) electrons. The molecule has 1 saturated heterocycles. The van der Waals surface area contributed by atoms with E-state index in [1.165, 1.54) is 5.56 Å². The second kappa shape index (κ2) is 7.02. The van der Waals surface area contributed by atoms with Crippen LogP contribution < -0.4 is 5.32 Å². The van der Waals surface area contributed by atoms with Crippen LogP contribution in [0.1, 0.15) is 46.7 Å². The molecule has 140 valence electrons. The predicted molar refractivity (Wildman–Crippen MR) is 100 cm³/mol. The fraction of sp³-hybridized carbons (Fsp3) is 0.476. The molecule has 0 unspecified atom stereocenters. The first-order valence-electron chi connectivity index (χ1n) is 9.83. The van der Waals surface area contributed by atoms with Gasteiger partial charge in [0, 0.05) is 43.7 Å². The molecule has 2 aromatic rings. The molecule has 1 amide bonds. The van der Waals surface area contributed by atoms with E-state index in [2.05, 4.69) is 16.4 Å². The Balaban J connectivity index is 1.34. The van der Waals surface area contributed by atoms with Crippen LogP contribution in [0.2, 0.25) is 0 Å². The summed E-state index contributed by atoms with van der Waals surface area (Å²) < 4.78 is 5.86. The highest BCUT2D eigenvalue weighted by Gasteiger charge is 2.33. The highest BCUT2D eigenvalue weighted by atomic mass is 16.5. The molecule has 4 heterocycles. The van der Waals surface area contributed by atoms with Crippen molar-refractivity contribution in [1.82, 2.24) is 20.2 Å². The molecule has 3 aliphatic heterocycles. The molecule has 1 N–H and O–H groups in total. The van der Waals surface area contributed by atoms with Crippen molar-refractivity contribution >= 4 is 5.91 Å². The number of hydrogen-bond donors (Lipinski definition) is 1. The second-order valence-corrected chi connectivity index (χ2v) is 7.60. The van der Waals surface area contributed by atoms with Gasteiger partial charge in [0.2, 0.25) is 0 Å². The van der Waals surface area contributed by atoms with Gasteiger partial charge in [0.25, 0.3) is 5.91 Å². The topological polar surface area (TPSA) is 67.3 Å². The summed E-state index contributed by atoms with van der Waals surface area (Å²) in [5, 5.41) is 3.37. The third kappa shape index (κ3) is 3.13. The summed E-state index contributed by atoms with van der Waals surface area (Å²) in [6.07, 6.45) is 4.19. The van der Waals surface area contributed by atoms with Crippen LogP contribution in [0.5, 0.6) is 0 Å². The third-order valence-corrected chi connectivity index (χ3v) is 5.91. The maximum Gasteiger partial charge on any atom is 0.256 e. The third-order valence-electron chi connectivity index (χ3n) is 5.91. The molecule has 5 rings (SSSR count). The normalized spacial score (nSPS) is 24.4. The minimum Gasteiger partial charge on any atom is -0.363 e. The fourth-order valence-electron chi connectivity index (χ4n) is 4.36. The average Bonchev–Trinajstić information content (AvgIpc) is 3.27. The monoisotopic (exact) mass is 364 g/mol. The first-order valence-corrected chi connectivity index (χ1v) is 9.83. The number of hydrogen-bond acceptors (Lipinski definition) is 5. The molecule has 2 atom stereocenters. The molecular formula is C21H24N4O2. The first-order chi connectivity index (χ1) is 13.3.